The monoisotopic (exact) mass is 452 g/mol. The van der Waals surface area contributed by atoms with Gasteiger partial charge in [-0.3, -0.25) is 4.79 Å². The lowest BCUT2D eigenvalue weighted by Crippen LogP contribution is -2.35. The van der Waals surface area contributed by atoms with Gasteiger partial charge in [0.15, 0.2) is 11.5 Å². The summed E-state index contributed by atoms with van der Waals surface area (Å²) in [6, 6.07) is 13.9. The minimum absolute atomic E-state index is 0.0672. The Morgan fingerprint density at radius 2 is 1.91 bits per heavy atom. The van der Waals surface area contributed by atoms with Crippen LogP contribution in [0.2, 0.25) is 0 Å². The van der Waals surface area contributed by atoms with Gasteiger partial charge in [-0.1, -0.05) is 12.1 Å². The van der Waals surface area contributed by atoms with Gasteiger partial charge in [0.1, 0.15) is 12.4 Å². The van der Waals surface area contributed by atoms with E-state index in [2.05, 4.69) is 11.4 Å². The van der Waals surface area contributed by atoms with Crippen LogP contribution in [0.3, 0.4) is 0 Å². The van der Waals surface area contributed by atoms with Gasteiger partial charge in [0, 0.05) is 31.3 Å². The fourth-order valence-electron chi connectivity index (χ4n) is 4.74. The first-order chi connectivity index (χ1) is 16.3. The van der Waals surface area contributed by atoms with Crippen LogP contribution in [0.5, 0.6) is 17.2 Å². The van der Waals surface area contributed by atoms with Crippen molar-refractivity contribution in [2.75, 3.05) is 44.8 Å². The van der Waals surface area contributed by atoms with Crippen molar-refractivity contribution in [2.45, 2.75) is 44.2 Å². The zero-order valence-corrected chi connectivity index (χ0v) is 19.0. The summed E-state index contributed by atoms with van der Waals surface area (Å²) >= 11 is 0. The average Bonchev–Trinajstić information content (AvgIpc) is 3.49. The zero-order valence-electron chi connectivity index (χ0n) is 19.0. The second kappa shape index (κ2) is 10.3. The van der Waals surface area contributed by atoms with Crippen LogP contribution in [0.1, 0.15) is 43.7 Å². The Bertz CT molecular complexity index is 959. The lowest BCUT2D eigenvalue weighted by molar-refractivity contribution is -0.130. The maximum Gasteiger partial charge on any atom is 0.242 e. The number of benzene rings is 2. The lowest BCUT2D eigenvalue weighted by Gasteiger charge is -2.26. The predicted octanol–water partition coefficient (Wildman–Crippen LogP) is 4.18. The SMILES string of the molecule is O=C(CNc1cccc(OCC2CCCO2)c1)N1CCCC1c1ccc2c(c1)OCCCO2. The fourth-order valence-corrected chi connectivity index (χ4v) is 4.74. The standard InChI is InChI=1S/C26H32N2O5/c29-26(17-27-20-5-1-6-21(16-20)33-18-22-7-3-12-30-22)28-11-2-8-23(28)19-9-10-24-25(15-19)32-14-4-13-31-24/h1,5-6,9-10,15-16,22-23,27H,2-4,7-8,11-14,17-18H2. The van der Waals surface area contributed by atoms with E-state index >= 15 is 0 Å². The smallest absolute Gasteiger partial charge is 0.242 e. The van der Waals surface area contributed by atoms with Gasteiger partial charge in [0.25, 0.3) is 0 Å². The molecule has 2 saturated heterocycles. The number of carbonyl (C=O) groups is 1. The number of likely N-dealkylation sites (tertiary alicyclic amines) is 1. The molecule has 2 aromatic carbocycles. The van der Waals surface area contributed by atoms with Crippen LogP contribution >= 0.6 is 0 Å². The van der Waals surface area contributed by atoms with Gasteiger partial charge in [-0.2, -0.15) is 0 Å². The number of anilines is 1. The van der Waals surface area contributed by atoms with Gasteiger partial charge in [-0.05, 0) is 55.5 Å². The number of amides is 1. The molecular weight excluding hydrogens is 420 g/mol. The van der Waals surface area contributed by atoms with Crippen LogP contribution in [0.25, 0.3) is 0 Å². The maximum absolute atomic E-state index is 13.1. The Kier molecular flexibility index (Phi) is 6.86. The fraction of sp³-hybridized carbons (Fsp3) is 0.500. The van der Waals surface area contributed by atoms with E-state index < -0.39 is 0 Å². The highest BCUT2D eigenvalue weighted by atomic mass is 16.5. The molecule has 2 atom stereocenters. The number of rotatable bonds is 7. The van der Waals surface area contributed by atoms with Crippen LogP contribution in [0.4, 0.5) is 5.69 Å². The number of hydrogen-bond acceptors (Lipinski definition) is 6. The topological polar surface area (TPSA) is 69.3 Å². The van der Waals surface area contributed by atoms with Gasteiger partial charge >= 0.3 is 0 Å². The molecule has 1 amide bonds. The van der Waals surface area contributed by atoms with Crippen LogP contribution in [-0.4, -0.2) is 56.4 Å². The first-order valence-electron chi connectivity index (χ1n) is 12.0. The highest BCUT2D eigenvalue weighted by molar-refractivity contribution is 5.81. The number of ether oxygens (including phenoxy) is 4. The summed E-state index contributed by atoms with van der Waals surface area (Å²) in [4.78, 5) is 15.1. The molecule has 3 aliphatic rings. The zero-order chi connectivity index (χ0) is 22.5. The Hall–Kier alpha value is -2.93. The van der Waals surface area contributed by atoms with E-state index in [1.165, 1.54) is 0 Å². The molecule has 5 rings (SSSR count). The summed E-state index contributed by atoms with van der Waals surface area (Å²) < 4.78 is 23.1. The molecule has 2 fully saturated rings. The normalized spacial score (nSPS) is 22.1. The quantitative estimate of drug-likeness (QED) is 0.680. The summed E-state index contributed by atoms with van der Waals surface area (Å²) in [5.74, 6) is 2.45. The molecular formula is C26H32N2O5. The van der Waals surface area contributed by atoms with Crippen LogP contribution in [-0.2, 0) is 9.53 Å². The number of nitrogens with zero attached hydrogens (tertiary/aromatic N) is 1. The van der Waals surface area contributed by atoms with Gasteiger partial charge in [-0.15, -0.1) is 0 Å². The molecule has 0 bridgehead atoms. The minimum atomic E-state index is 0.0672. The molecule has 1 N–H and O–H groups in total. The summed E-state index contributed by atoms with van der Waals surface area (Å²) in [6.45, 7) is 3.73. The first kappa shape index (κ1) is 21.9. The van der Waals surface area contributed by atoms with Gasteiger partial charge in [0.2, 0.25) is 5.91 Å². The molecule has 176 valence electrons. The van der Waals surface area contributed by atoms with E-state index in [0.29, 0.717) is 19.8 Å². The Balaban J connectivity index is 1.18. The van der Waals surface area contributed by atoms with E-state index in [9.17, 15) is 4.79 Å². The number of carbonyl (C=O) groups excluding carboxylic acids is 1. The van der Waals surface area contributed by atoms with E-state index in [1.54, 1.807) is 0 Å². The molecule has 0 spiro atoms. The second-order valence-corrected chi connectivity index (χ2v) is 8.83. The molecule has 7 heteroatoms. The number of hydrogen-bond donors (Lipinski definition) is 1. The first-order valence-corrected chi connectivity index (χ1v) is 12.0. The molecule has 0 saturated carbocycles. The summed E-state index contributed by atoms with van der Waals surface area (Å²) in [5.41, 5.74) is 1.98. The van der Waals surface area contributed by atoms with Gasteiger partial charge < -0.3 is 29.2 Å². The Morgan fingerprint density at radius 1 is 1.00 bits per heavy atom. The van der Waals surface area contributed by atoms with Crippen molar-refractivity contribution in [3.63, 3.8) is 0 Å². The van der Waals surface area contributed by atoms with Crippen molar-refractivity contribution in [2.24, 2.45) is 0 Å². The lowest BCUT2D eigenvalue weighted by atomic mass is 10.0. The molecule has 0 aromatic heterocycles. The third kappa shape index (κ3) is 5.36. The maximum atomic E-state index is 13.1. The highest BCUT2D eigenvalue weighted by Gasteiger charge is 2.30. The van der Waals surface area contributed by atoms with Gasteiger partial charge in [0.05, 0.1) is 31.9 Å². The van der Waals surface area contributed by atoms with Gasteiger partial charge in [-0.25, -0.2) is 0 Å². The van der Waals surface area contributed by atoms with Crippen molar-refractivity contribution in [3.05, 3.63) is 48.0 Å². The highest BCUT2D eigenvalue weighted by Crippen LogP contribution is 2.38. The second-order valence-electron chi connectivity index (χ2n) is 8.83. The van der Waals surface area contributed by atoms with E-state index in [1.807, 2.05) is 41.3 Å². The average molecular weight is 453 g/mol. The summed E-state index contributed by atoms with van der Waals surface area (Å²) in [7, 11) is 0. The van der Waals surface area contributed by atoms with E-state index in [4.69, 9.17) is 18.9 Å². The molecule has 7 nitrogen and oxygen atoms in total. The van der Waals surface area contributed by atoms with Crippen molar-refractivity contribution in [1.29, 1.82) is 0 Å². The molecule has 0 aliphatic carbocycles. The van der Waals surface area contributed by atoms with Crippen molar-refractivity contribution >= 4 is 11.6 Å². The van der Waals surface area contributed by atoms with E-state index in [0.717, 1.165) is 73.8 Å². The number of nitrogens with one attached hydrogen (secondary N) is 1. The molecule has 0 radical (unpaired) electrons. The molecule has 3 heterocycles. The van der Waals surface area contributed by atoms with Crippen molar-refractivity contribution < 1.29 is 23.7 Å². The third-order valence-corrected chi connectivity index (χ3v) is 6.47. The van der Waals surface area contributed by atoms with Crippen LogP contribution in [0.15, 0.2) is 42.5 Å². The largest absolute Gasteiger partial charge is 0.491 e. The predicted molar refractivity (Wildman–Crippen MR) is 125 cm³/mol. The molecule has 2 aromatic rings. The molecule has 3 aliphatic heterocycles. The van der Waals surface area contributed by atoms with E-state index in [-0.39, 0.29) is 24.6 Å². The minimum Gasteiger partial charge on any atom is -0.491 e. The van der Waals surface area contributed by atoms with Crippen LogP contribution < -0.4 is 19.5 Å². The van der Waals surface area contributed by atoms with Crippen LogP contribution in [0, 0.1) is 0 Å². The van der Waals surface area contributed by atoms with Crippen molar-refractivity contribution in [3.8, 4) is 17.2 Å². The molecule has 2 unspecified atom stereocenters. The summed E-state index contributed by atoms with van der Waals surface area (Å²) in [5, 5.41) is 3.27. The number of fused-ring (bicyclic) bond motifs is 1. The van der Waals surface area contributed by atoms with Crippen molar-refractivity contribution in [1.82, 2.24) is 4.90 Å². The third-order valence-electron chi connectivity index (χ3n) is 6.47. The molecule has 33 heavy (non-hydrogen) atoms. The summed E-state index contributed by atoms with van der Waals surface area (Å²) in [6.07, 6.45) is 5.16. The Labute approximate surface area is 195 Å². The Morgan fingerprint density at radius 3 is 2.79 bits per heavy atom.